The molecule has 3 aromatic rings. The van der Waals surface area contributed by atoms with E-state index in [1.807, 2.05) is 72.8 Å². The Morgan fingerprint density at radius 2 is 1.74 bits per heavy atom. The summed E-state index contributed by atoms with van der Waals surface area (Å²) < 4.78 is 0. The van der Waals surface area contributed by atoms with Crippen LogP contribution in [0.15, 0.2) is 72.8 Å². The third kappa shape index (κ3) is 5.58. The molecule has 1 saturated heterocycles. The first-order valence-electron chi connectivity index (χ1n) is 11.6. The normalized spacial score (nSPS) is 16.3. The van der Waals surface area contributed by atoms with Crippen LogP contribution in [0.4, 0.5) is 4.79 Å². The van der Waals surface area contributed by atoms with Crippen molar-refractivity contribution in [3.63, 3.8) is 0 Å². The van der Waals surface area contributed by atoms with E-state index >= 15 is 0 Å². The monoisotopic (exact) mass is 459 g/mol. The number of amides is 3. The van der Waals surface area contributed by atoms with Crippen LogP contribution in [0, 0.1) is 0 Å². The van der Waals surface area contributed by atoms with E-state index in [0.29, 0.717) is 32.4 Å². The molecule has 3 aromatic carbocycles. The highest BCUT2D eigenvalue weighted by molar-refractivity contribution is 6.43. The van der Waals surface area contributed by atoms with Crippen molar-refractivity contribution in [3.8, 4) is 0 Å². The van der Waals surface area contributed by atoms with Gasteiger partial charge >= 0.3 is 13.1 Å². The van der Waals surface area contributed by atoms with Gasteiger partial charge in [0, 0.05) is 26.6 Å². The summed E-state index contributed by atoms with van der Waals surface area (Å²) in [4.78, 5) is 29.6. The number of fused-ring (bicyclic) bond motifs is 1. The van der Waals surface area contributed by atoms with Crippen LogP contribution in [0.3, 0.4) is 0 Å². The summed E-state index contributed by atoms with van der Waals surface area (Å²) in [6.45, 7) is 0.844. The summed E-state index contributed by atoms with van der Waals surface area (Å²) in [7, 11) is 0.0833. The van der Waals surface area contributed by atoms with Gasteiger partial charge < -0.3 is 25.2 Å². The molecule has 0 unspecified atom stereocenters. The van der Waals surface area contributed by atoms with Crippen LogP contribution in [-0.4, -0.2) is 64.5 Å². The molecule has 0 radical (unpaired) electrons. The van der Waals surface area contributed by atoms with E-state index in [9.17, 15) is 19.6 Å². The largest absolute Gasteiger partial charge is 0.475 e. The van der Waals surface area contributed by atoms with Crippen LogP contribution in [0.5, 0.6) is 0 Å². The van der Waals surface area contributed by atoms with Crippen LogP contribution in [0.25, 0.3) is 10.8 Å². The molecular formula is C26H30BN3O4. The summed E-state index contributed by atoms with van der Waals surface area (Å²) in [5.41, 5.74) is 1.91. The van der Waals surface area contributed by atoms with Crippen LogP contribution >= 0.6 is 0 Å². The topological polar surface area (TPSA) is 93.1 Å². The average molecular weight is 459 g/mol. The molecule has 0 saturated carbocycles. The first kappa shape index (κ1) is 23.8. The Balaban J connectivity index is 1.54. The van der Waals surface area contributed by atoms with E-state index in [2.05, 4.69) is 5.32 Å². The van der Waals surface area contributed by atoms with Gasteiger partial charge in [-0.15, -0.1) is 0 Å². The van der Waals surface area contributed by atoms with Crippen molar-refractivity contribution in [3.05, 3.63) is 83.9 Å². The number of hydrogen-bond acceptors (Lipinski definition) is 4. The van der Waals surface area contributed by atoms with Gasteiger partial charge in [0.2, 0.25) is 5.91 Å². The molecule has 4 rings (SSSR count). The van der Waals surface area contributed by atoms with Crippen molar-refractivity contribution in [2.45, 2.75) is 37.8 Å². The number of urea groups is 1. The molecule has 0 aliphatic carbocycles. The molecule has 0 aromatic heterocycles. The molecule has 1 aliphatic rings. The molecule has 0 bridgehead atoms. The van der Waals surface area contributed by atoms with Crippen LogP contribution in [0.1, 0.15) is 24.0 Å². The number of hydrogen-bond donors (Lipinski definition) is 3. The Hall–Kier alpha value is -3.36. The zero-order valence-electron chi connectivity index (χ0n) is 19.3. The molecule has 0 spiro atoms. The van der Waals surface area contributed by atoms with Gasteiger partial charge in [-0.2, -0.15) is 0 Å². The highest BCUT2D eigenvalue weighted by atomic mass is 16.4. The van der Waals surface area contributed by atoms with Gasteiger partial charge in [0.25, 0.3) is 0 Å². The molecule has 1 heterocycles. The maximum atomic E-state index is 13.5. The van der Waals surface area contributed by atoms with Gasteiger partial charge in [0.05, 0.1) is 5.94 Å². The fraction of sp³-hybridized carbons (Fsp3) is 0.308. The second-order valence-electron chi connectivity index (χ2n) is 8.88. The fourth-order valence-electron chi connectivity index (χ4n) is 4.57. The summed E-state index contributed by atoms with van der Waals surface area (Å²) in [5.74, 6) is -0.962. The lowest BCUT2D eigenvalue weighted by Gasteiger charge is -2.30. The lowest BCUT2D eigenvalue weighted by Crippen LogP contribution is -2.55. The van der Waals surface area contributed by atoms with Gasteiger partial charge in [-0.1, -0.05) is 72.8 Å². The number of rotatable bonds is 7. The molecule has 7 nitrogen and oxygen atoms in total. The summed E-state index contributed by atoms with van der Waals surface area (Å²) in [5, 5.41) is 24.6. The lowest BCUT2D eigenvalue weighted by molar-refractivity contribution is -0.133. The van der Waals surface area contributed by atoms with E-state index in [1.165, 1.54) is 4.90 Å². The molecule has 2 atom stereocenters. The molecule has 1 fully saturated rings. The van der Waals surface area contributed by atoms with Crippen LogP contribution < -0.4 is 5.32 Å². The molecule has 3 N–H and O–H groups in total. The van der Waals surface area contributed by atoms with E-state index in [4.69, 9.17) is 0 Å². The standard InChI is InChI=1S/C26H30BN3O4/c1-29(18-19-8-3-2-4-9-19)26(32)28-23(25(31)30-15-7-12-24(30)27(33)34)17-20-13-14-21-10-5-6-11-22(21)16-20/h2-6,8-11,13-14,16,23-24,33-34H,7,12,15,17-18H2,1H3,(H,28,32)/t23-,24-/m0/s1. The van der Waals surface area contributed by atoms with Crippen molar-refractivity contribution in [1.29, 1.82) is 0 Å². The highest BCUT2D eigenvalue weighted by Gasteiger charge is 2.39. The Morgan fingerprint density at radius 1 is 1.03 bits per heavy atom. The lowest BCUT2D eigenvalue weighted by atomic mass is 9.77. The highest BCUT2D eigenvalue weighted by Crippen LogP contribution is 2.22. The number of carbonyl (C=O) groups excluding carboxylic acids is 2. The Labute approximate surface area is 200 Å². The summed E-state index contributed by atoms with van der Waals surface area (Å²) in [6, 6.07) is 22.4. The Morgan fingerprint density at radius 3 is 2.47 bits per heavy atom. The average Bonchev–Trinajstić information content (AvgIpc) is 3.34. The number of benzene rings is 3. The molecule has 176 valence electrons. The number of carbonyl (C=O) groups is 2. The zero-order valence-corrected chi connectivity index (χ0v) is 19.3. The van der Waals surface area contributed by atoms with Crippen molar-refractivity contribution < 1.29 is 19.6 Å². The second kappa shape index (κ2) is 10.7. The first-order chi connectivity index (χ1) is 16.4. The minimum absolute atomic E-state index is 0.301. The third-order valence-corrected chi connectivity index (χ3v) is 6.39. The van der Waals surface area contributed by atoms with E-state index in [0.717, 1.165) is 21.9 Å². The quantitative estimate of drug-likeness (QED) is 0.474. The molecular weight excluding hydrogens is 429 g/mol. The van der Waals surface area contributed by atoms with Gasteiger partial charge in [-0.05, 0) is 34.7 Å². The second-order valence-corrected chi connectivity index (χ2v) is 8.88. The van der Waals surface area contributed by atoms with E-state index in [1.54, 1.807) is 11.9 Å². The molecule has 1 aliphatic heterocycles. The SMILES string of the molecule is CN(Cc1ccccc1)C(=O)N[C@@H](Cc1ccc2ccccc2c1)C(=O)N1CCC[C@H]1B(O)O. The maximum absolute atomic E-state index is 13.5. The Kier molecular flexibility index (Phi) is 7.50. The van der Waals surface area contributed by atoms with Crippen molar-refractivity contribution in [2.24, 2.45) is 0 Å². The number of nitrogens with one attached hydrogen (secondary N) is 1. The minimum Gasteiger partial charge on any atom is -0.426 e. The fourth-order valence-corrected chi connectivity index (χ4v) is 4.57. The van der Waals surface area contributed by atoms with E-state index in [-0.39, 0.29) is 11.9 Å². The number of likely N-dealkylation sites (tertiary alicyclic amines) is 1. The zero-order chi connectivity index (χ0) is 24.1. The molecule has 8 heteroatoms. The van der Waals surface area contributed by atoms with Gasteiger partial charge in [0.1, 0.15) is 6.04 Å². The smallest absolute Gasteiger partial charge is 0.426 e. The molecule has 3 amide bonds. The molecule has 34 heavy (non-hydrogen) atoms. The predicted octanol–water partition coefficient (Wildman–Crippen LogP) is 2.60. The van der Waals surface area contributed by atoms with Crippen molar-refractivity contribution in [2.75, 3.05) is 13.6 Å². The van der Waals surface area contributed by atoms with Gasteiger partial charge in [0.15, 0.2) is 0 Å². The van der Waals surface area contributed by atoms with Gasteiger partial charge in [-0.25, -0.2) is 4.79 Å². The third-order valence-electron chi connectivity index (χ3n) is 6.39. The van der Waals surface area contributed by atoms with Crippen molar-refractivity contribution >= 4 is 29.8 Å². The van der Waals surface area contributed by atoms with Crippen LogP contribution in [-0.2, 0) is 17.8 Å². The first-order valence-corrected chi connectivity index (χ1v) is 11.6. The van der Waals surface area contributed by atoms with Crippen LogP contribution in [0.2, 0.25) is 0 Å². The Bertz CT molecular complexity index is 1140. The maximum Gasteiger partial charge on any atom is 0.475 e. The summed E-state index contributed by atoms with van der Waals surface area (Å²) in [6.07, 6.45) is 1.52. The van der Waals surface area contributed by atoms with Crippen molar-refractivity contribution in [1.82, 2.24) is 15.1 Å². The van der Waals surface area contributed by atoms with E-state index < -0.39 is 19.1 Å². The predicted molar refractivity (Wildman–Crippen MR) is 133 cm³/mol. The minimum atomic E-state index is -1.61. The summed E-state index contributed by atoms with van der Waals surface area (Å²) >= 11 is 0. The van der Waals surface area contributed by atoms with Gasteiger partial charge in [-0.3, -0.25) is 4.79 Å². The number of nitrogens with zero attached hydrogens (tertiary/aromatic N) is 2.